The molecule has 0 amide bonds. The summed E-state index contributed by atoms with van der Waals surface area (Å²) in [4.78, 5) is 2.46. The number of benzene rings is 2. The van der Waals surface area contributed by atoms with E-state index in [9.17, 15) is 0 Å². The minimum Gasteiger partial charge on any atom is -0.490 e. The Labute approximate surface area is 190 Å². The highest BCUT2D eigenvalue weighted by atomic mass is 28.4. The van der Waals surface area contributed by atoms with E-state index in [2.05, 4.69) is 119 Å². The van der Waals surface area contributed by atoms with Gasteiger partial charge in [0.25, 0.3) is 0 Å². The van der Waals surface area contributed by atoms with Crippen LogP contribution in [0, 0.1) is 0 Å². The lowest BCUT2D eigenvalue weighted by Gasteiger charge is -2.43. The van der Waals surface area contributed by atoms with Crippen LogP contribution in [0.5, 0.6) is 0 Å². The second kappa shape index (κ2) is 11.0. The summed E-state index contributed by atoms with van der Waals surface area (Å²) in [6.45, 7) is 19.1. The Balaban J connectivity index is 2.41. The zero-order valence-corrected chi connectivity index (χ0v) is 21.3. The van der Waals surface area contributed by atoms with Gasteiger partial charge >= 0.3 is 0 Å². The molecule has 0 heterocycles. The molecule has 0 aromatic heterocycles. The van der Waals surface area contributed by atoms with Crippen molar-refractivity contribution in [3.05, 3.63) is 89.9 Å². The largest absolute Gasteiger partial charge is 0.490 e. The summed E-state index contributed by atoms with van der Waals surface area (Å²) in [6, 6.07) is 21.3. The fourth-order valence-electron chi connectivity index (χ4n) is 3.33. The van der Waals surface area contributed by atoms with Crippen molar-refractivity contribution in [1.82, 2.24) is 4.90 Å². The molecule has 3 nitrogen and oxygen atoms in total. The molecule has 4 heteroatoms. The molecule has 0 aliphatic rings. The van der Waals surface area contributed by atoms with Gasteiger partial charge in [0.15, 0.2) is 14.1 Å². The van der Waals surface area contributed by atoms with Gasteiger partial charge in [-0.15, -0.1) is 0 Å². The Hall–Kier alpha value is -2.10. The van der Waals surface area contributed by atoms with Gasteiger partial charge in [-0.1, -0.05) is 93.7 Å². The van der Waals surface area contributed by atoms with Crippen LogP contribution in [-0.4, -0.2) is 32.5 Å². The lowest BCUT2D eigenvalue weighted by molar-refractivity contribution is 0.0439. The summed E-state index contributed by atoms with van der Waals surface area (Å²) >= 11 is 0. The van der Waals surface area contributed by atoms with Gasteiger partial charge in [0.05, 0.1) is 7.11 Å². The first-order valence-corrected chi connectivity index (χ1v) is 13.9. The molecule has 0 saturated carbocycles. The Kier molecular flexibility index (Phi) is 8.90. The van der Waals surface area contributed by atoms with Crippen LogP contribution in [0.4, 0.5) is 0 Å². The smallest absolute Gasteiger partial charge is 0.193 e. The standard InChI is InChI=1S/C27H39NO2Si/c1-9-25(29-6)26(30-31(7,8)27(3,4)5)22(2)28(20-23-16-12-10-13-17-23)21-24-18-14-11-15-19-24/h10-19,22,26H,1,20-21H2,2-8H3/t22-,26+/m0/s1. The minimum absolute atomic E-state index is 0.0683. The zero-order valence-electron chi connectivity index (χ0n) is 20.3. The second-order valence-electron chi connectivity index (χ2n) is 9.66. The van der Waals surface area contributed by atoms with E-state index in [1.807, 2.05) is 0 Å². The molecule has 0 unspecified atom stereocenters. The van der Waals surface area contributed by atoms with Gasteiger partial charge in [-0.25, -0.2) is 0 Å². The molecule has 0 bridgehead atoms. The molecule has 2 aromatic rings. The summed E-state index contributed by atoms with van der Waals surface area (Å²) in [5.41, 5.74) is 5.56. The van der Waals surface area contributed by atoms with Gasteiger partial charge in [0.1, 0.15) is 6.10 Å². The summed E-state index contributed by atoms with van der Waals surface area (Å²) in [6.07, 6.45) is -0.240. The molecule has 0 aliphatic carbocycles. The maximum atomic E-state index is 6.90. The Morgan fingerprint density at radius 3 is 1.77 bits per heavy atom. The highest BCUT2D eigenvalue weighted by molar-refractivity contribution is 6.74. The molecule has 168 valence electrons. The number of hydrogen-bond donors (Lipinski definition) is 0. The van der Waals surface area contributed by atoms with Crippen molar-refractivity contribution in [2.45, 2.75) is 71.1 Å². The van der Waals surface area contributed by atoms with E-state index in [-0.39, 0.29) is 17.2 Å². The summed E-state index contributed by atoms with van der Waals surface area (Å²) < 4.78 is 12.6. The minimum atomic E-state index is -2.05. The third-order valence-corrected chi connectivity index (χ3v) is 10.8. The molecule has 0 spiro atoms. The highest BCUT2D eigenvalue weighted by Crippen LogP contribution is 2.39. The predicted octanol–water partition coefficient (Wildman–Crippen LogP) is 6.78. The van der Waals surface area contributed by atoms with E-state index in [0.29, 0.717) is 5.76 Å². The van der Waals surface area contributed by atoms with Gasteiger partial charge in [0.2, 0.25) is 0 Å². The van der Waals surface area contributed by atoms with E-state index >= 15 is 0 Å². The van der Waals surface area contributed by atoms with Crippen molar-refractivity contribution in [1.29, 1.82) is 0 Å². The fraction of sp³-hybridized carbons (Fsp3) is 0.444. The van der Waals surface area contributed by atoms with Crippen LogP contribution in [0.2, 0.25) is 18.1 Å². The molecule has 0 N–H and O–H groups in total. The van der Waals surface area contributed by atoms with E-state index < -0.39 is 8.32 Å². The van der Waals surface area contributed by atoms with Crippen LogP contribution in [0.15, 0.2) is 78.7 Å². The molecule has 0 radical (unpaired) electrons. The summed E-state index contributed by atoms with van der Waals surface area (Å²) in [5.74, 6) is 0.670. The average Bonchev–Trinajstić information content (AvgIpc) is 2.73. The lowest BCUT2D eigenvalue weighted by atomic mass is 10.1. The number of ether oxygens (including phenoxy) is 1. The molecule has 2 rings (SSSR count). The van der Waals surface area contributed by atoms with Crippen LogP contribution < -0.4 is 0 Å². The monoisotopic (exact) mass is 437 g/mol. The Bertz CT molecular complexity index is 810. The van der Waals surface area contributed by atoms with Gasteiger partial charge in [0, 0.05) is 19.1 Å². The van der Waals surface area contributed by atoms with Crippen molar-refractivity contribution in [3.8, 4) is 0 Å². The van der Waals surface area contributed by atoms with Crippen LogP contribution in [0.3, 0.4) is 0 Å². The predicted molar refractivity (Wildman–Crippen MR) is 133 cm³/mol. The van der Waals surface area contributed by atoms with Crippen molar-refractivity contribution >= 4 is 8.32 Å². The third kappa shape index (κ3) is 6.95. The normalized spacial score (nSPS) is 14.1. The number of nitrogens with zero attached hydrogens (tertiary/aromatic N) is 1. The Morgan fingerprint density at radius 2 is 1.42 bits per heavy atom. The maximum absolute atomic E-state index is 6.90. The Morgan fingerprint density at radius 1 is 0.968 bits per heavy atom. The number of hydrogen-bond acceptors (Lipinski definition) is 3. The molecule has 0 saturated heterocycles. The van der Waals surface area contributed by atoms with Crippen LogP contribution >= 0.6 is 0 Å². The molecule has 2 aromatic carbocycles. The SMILES string of the molecule is C=C=C(OC)[C@H](O[Si](C)(C)C(C)(C)C)[C@H](C)N(Cc1ccccc1)Cc1ccccc1. The van der Waals surface area contributed by atoms with E-state index in [0.717, 1.165) is 13.1 Å². The van der Waals surface area contributed by atoms with Gasteiger partial charge in [-0.3, -0.25) is 4.90 Å². The lowest BCUT2D eigenvalue weighted by Crippen LogP contribution is -2.51. The second-order valence-corrected chi connectivity index (χ2v) is 14.4. The van der Waals surface area contributed by atoms with E-state index in [1.54, 1.807) is 7.11 Å². The third-order valence-electron chi connectivity index (χ3n) is 6.35. The van der Waals surface area contributed by atoms with Crippen LogP contribution in [-0.2, 0) is 22.3 Å². The zero-order chi connectivity index (χ0) is 23.1. The molecule has 31 heavy (non-hydrogen) atoms. The summed E-state index contributed by atoms with van der Waals surface area (Å²) in [5, 5.41) is 0.0919. The van der Waals surface area contributed by atoms with Crippen molar-refractivity contribution in [2.75, 3.05) is 7.11 Å². The highest BCUT2D eigenvalue weighted by Gasteiger charge is 2.42. The van der Waals surface area contributed by atoms with Crippen LogP contribution in [0.25, 0.3) is 0 Å². The molecule has 2 atom stereocenters. The molecule has 0 fully saturated rings. The van der Waals surface area contributed by atoms with Crippen molar-refractivity contribution in [2.24, 2.45) is 0 Å². The van der Waals surface area contributed by atoms with Crippen LogP contribution in [0.1, 0.15) is 38.8 Å². The molecular weight excluding hydrogens is 398 g/mol. The molecular formula is C27H39NO2Si. The fourth-order valence-corrected chi connectivity index (χ4v) is 4.62. The maximum Gasteiger partial charge on any atom is 0.193 e. The number of rotatable bonds is 10. The van der Waals surface area contributed by atoms with E-state index in [1.165, 1.54) is 11.1 Å². The van der Waals surface area contributed by atoms with E-state index in [4.69, 9.17) is 9.16 Å². The van der Waals surface area contributed by atoms with Gasteiger partial charge in [-0.2, -0.15) is 0 Å². The first-order valence-electron chi connectivity index (χ1n) is 11.0. The summed E-state index contributed by atoms with van der Waals surface area (Å²) in [7, 11) is -0.370. The van der Waals surface area contributed by atoms with Gasteiger partial charge in [-0.05, 0) is 36.2 Å². The van der Waals surface area contributed by atoms with Gasteiger partial charge < -0.3 is 9.16 Å². The quantitative estimate of drug-likeness (QED) is 0.232. The topological polar surface area (TPSA) is 21.7 Å². The van der Waals surface area contributed by atoms with Crippen molar-refractivity contribution < 1.29 is 9.16 Å². The average molecular weight is 438 g/mol. The van der Waals surface area contributed by atoms with Crippen molar-refractivity contribution in [3.63, 3.8) is 0 Å². The number of methoxy groups -OCH3 is 1. The molecule has 0 aliphatic heterocycles. The first kappa shape index (κ1) is 25.2. The first-order chi connectivity index (χ1) is 14.6.